The van der Waals surface area contributed by atoms with Gasteiger partial charge in [-0.25, -0.2) is 4.39 Å². The van der Waals surface area contributed by atoms with Crippen LogP contribution in [-0.2, 0) is 22.7 Å². The average Bonchev–Trinajstić information content (AvgIpc) is 3.08. The summed E-state index contributed by atoms with van der Waals surface area (Å²) < 4.78 is 16.4. The highest BCUT2D eigenvalue weighted by Gasteiger charge is 2.40. The lowest BCUT2D eigenvalue weighted by molar-refractivity contribution is -0.125. The number of aromatic nitrogens is 1. The van der Waals surface area contributed by atoms with E-state index >= 15 is 0 Å². The first-order valence-electron chi connectivity index (χ1n) is 11.2. The molecule has 0 aliphatic carbocycles. The van der Waals surface area contributed by atoms with Crippen LogP contribution in [0.2, 0.25) is 0 Å². The molecule has 1 atom stereocenters. The molecule has 2 amide bonds. The first-order valence-corrected chi connectivity index (χ1v) is 12.2. The Kier molecular flexibility index (Phi) is 6.11. The molecule has 5 nitrogen and oxygen atoms in total. The molecule has 34 heavy (non-hydrogen) atoms. The van der Waals surface area contributed by atoms with E-state index in [4.69, 9.17) is 0 Å². The number of fused-ring (bicyclic) bond motifs is 3. The number of nitrogens with zero attached hydrogens (tertiary/aromatic N) is 2. The van der Waals surface area contributed by atoms with E-state index in [1.165, 1.54) is 28.8 Å². The normalized spacial score (nSPS) is 15.8. The van der Waals surface area contributed by atoms with Crippen LogP contribution in [0.25, 0.3) is 10.9 Å². The number of anilines is 1. The summed E-state index contributed by atoms with van der Waals surface area (Å²) in [6.45, 7) is 3.08. The molecule has 0 bridgehead atoms. The Morgan fingerprint density at radius 2 is 1.82 bits per heavy atom. The molecule has 0 spiro atoms. The van der Waals surface area contributed by atoms with Gasteiger partial charge in [-0.15, -0.1) is 0 Å². The molecule has 1 aliphatic rings. The van der Waals surface area contributed by atoms with Crippen molar-refractivity contribution in [3.8, 4) is 0 Å². The lowest BCUT2D eigenvalue weighted by Crippen LogP contribution is -2.43. The van der Waals surface area contributed by atoms with Crippen molar-refractivity contribution in [2.24, 2.45) is 0 Å². The maximum absolute atomic E-state index is 14.2. The molecule has 0 fully saturated rings. The van der Waals surface area contributed by atoms with Gasteiger partial charge in [0, 0.05) is 35.2 Å². The van der Waals surface area contributed by atoms with Crippen molar-refractivity contribution in [2.45, 2.75) is 31.1 Å². The zero-order chi connectivity index (χ0) is 23.7. The molecule has 1 aromatic heterocycles. The molecule has 0 saturated heterocycles. The van der Waals surface area contributed by atoms with Crippen molar-refractivity contribution < 1.29 is 14.0 Å². The third kappa shape index (κ3) is 3.96. The summed E-state index contributed by atoms with van der Waals surface area (Å²) in [7, 11) is 0. The molecular formula is C27H24FN3O2S. The average molecular weight is 474 g/mol. The number of carbonyl (C=O) groups excluding carboxylic acids is 2. The quantitative estimate of drug-likeness (QED) is 0.428. The predicted molar refractivity (Wildman–Crippen MR) is 133 cm³/mol. The molecule has 1 aliphatic heterocycles. The summed E-state index contributed by atoms with van der Waals surface area (Å²) in [5, 5.41) is 4.84. The van der Waals surface area contributed by atoms with Crippen molar-refractivity contribution in [1.82, 2.24) is 9.88 Å². The van der Waals surface area contributed by atoms with E-state index in [9.17, 15) is 14.0 Å². The van der Waals surface area contributed by atoms with Gasteiger partial charge in [-0.3, -0.25) is 14.5 Å². The van der Waals surface area contributed by atoms with Crippen LogP contribution in [0.3, 0.4) is 0 Å². The minimum Gasteiger partial charge on any atom is -0.350 e. The fraction of sp³-hybridized carbons (Fsp3) is 0.185. The van der Waals surface area contributed by atoms with Crippen LogP contribution in [-0.4, -0.2) is 22.1 Å². The van der Waals surface area contributed by atoms with E-state index < -0.39 is 11.9 Å². The number of rotatable bonds is 5. The predicted octanol–water partition coefficient (Wildman–Crippen LogP) is 5.30. The molecule has 0 saturated carbocycles. The smallest absolute Gasteiger partial charge is 0.248 e. The van der Waals surface area contributed by atoms with Gasteiger partial charge in [-0.1, -0.05) is 66.4 Å². The van der Waals surface area contributed by atoms with Crippen LogP contribution in [0.4, 0.5) is 10.1 Å². The van der Waals surface area contributed by atoms with Crippen LogP contribution in [0.1, 0.15) is 24.1 Å². The largest absolute Gasteiger partial charge is 0.350 e. The van der Waals surface area contributed by atoms with Crippen LogP contribution >= 0.6 is 11.8 Å². The Balaban J connectivity index is 1.68. The lowest BCUT2D eigenvalue weighted by atomic mass is 10.0. The molecule has 2 heterocycles. The van der Waals surface area contributed by atoms with Gasteiger partial charge in [0.1, 0.15) is 11.9 Å². The number of benzene rings is 3. The summed E-state index contributed by atoms with van der Waals surface area (Å²) in [6, 6.07) is 22.5. The molecule has 4 aromatic rings. The lowest BCUT2D eigenvalue weighted by Gasteiger charge is -2.30. The number of halogens is 1. The summed E-state index contributed by atoms with van der Waals surface area (Å²) >= 11 is 1.43. The maximum atomic E-state index is 14.2. The van der Waals surface area contributed by atoms with Crippen LogP contribution < -0.4 is 10.2 Å². The summed E-state index contributed by atoms with van der Waals surface area (Å²) in [5.41, 5.74) is 3.12. The van der Waals surface area contributed by atoms with Gasteiger partial charge in [0.15, 0.2) is 0 Å². The number of carbonyl (C=O) groups is 2. The topological polar surface area (TPSA) is 54.3 Å². The zero-order valence-corrected chi connectivity index (χ0v) is 19.5. The SMILES string of the molecule is CCn1c2c(c3ccccc31)C(C(=O)NCc1ccccc1)N(c1cccc(F)c1)C(=O)CS2. The Morgan fingerprint density at radius 1 is 1.06 bits per heavy atom. The van der Waals surface area contributed by atoms with Gasteiger partial charge >= 0.3 is 0 Å². The summed E-state index contributed by atoms with van der Waals surface area (Å²) in [6.07, 6.45) is 0. The number of hydrogen-bond acceptors (Lipinski definition) is 3. The van der Waals surface area contributed by atoms with E-state index in [1.807, 2.05) is 54.6 Å². The number of hydrogen-bond donors (Lipinski definition) is 1. The number of nitrogens with one attached hydrogen (secondary N) is 1. The molecule has 5 rings (SSSR count). The molecule has 3 aromatic carbocycles. The van der Waals surface area contributed by atoms with Crippen molar-refractivity contribution in [3.05, 3.63) is 95.8 Å². The van der Waals surface area contributed by atoms with Crippen LogP contribution in [0.5, 0.6) is 0 Å². The first-order chi connectivity index (χ1) is 16.6. The number of thioether (sulfide) groups is 1. The maximum Gasteiger partial charge on any atom is 0.248 e. The fourth-order valence-corrected chi connectivity index (χ4v) is 5.72. The monoisotopic (exact) mass is 473 g/mol. The van der Waals surface area contributed by atoms with Crippen molar-refractivity contribution >= 4 is 40.2 Å². The molecule has 1 N–H and O–H groups in total. The van der Waals surface area contributed by atoms with Gasteiger partial charge in [0.05, 0.1) is 10.8 Å². The summed E-state index contributed by atoms with van der Waals surface area (Å²) in [5.74, 6) is -0.841. The van der Waals surface area contributed by atoms with Crippen molar-refractivity contribution in [1.29, 1.82) is 0 Å². The second kappa shape index (κ2) is 9.35. The van der Waals surface area contributed by atoms with Gasteiger partial charge in [0.25, 0.3) is 0 Å². The van der Waals surface area contributed by atoms with Crippen LogP contribution in [0.15, 0.2) is 83.9 Å². The van der Waals surface area contributed by atoms with E-state index in [2.05, 4.69) is 16.8 Å². The van der Waals surface area contributed by atoms with E-state index in [-0.39, 0.29) is 17.6 Å². The van der Waals surface area contributed by atoms with Gasteiger partial charge in [0.2, 0.25) is 11.8 Å². The van der Waals surface area contributed by atoms with Crippen LogP contribution in [0, 0.1) is 5.82 Å². The Bertz CT molecular complexity index is 1370. The highest BCUT2D eigenvalue weighted by atomic mass is 32.2. The summed E-state index contributed by atoms with van der Waals surface area (Å²) in [4.78, 5) is 28.7. The molecule has 1 unspecified atom stereocenters. The zero-order valence-electron chi connectivity index (χ0n) is 18.7. The minimum atomic E-state index is -0.930. The Hall–Kier alpha value is -3.58. The van der Waals surface area contributed by atoms with E-state index in [1.54, 1.807) is 12.1 Å². The Labute approximate surface area is 201 Å². The van der Waals surface area contributed by atoms with Gasteiger partial charge in [-0.05, 0) is 36.8 Å². The molecule has 7 heteroatoms. The molecular weight excluding hydrogens is 449 g/mol. The second-order valence-corrected chi connectivity index (χ2v) is 9.08. The molecule has 172 valence electrons. The third-order valence-corrected chi connectivity index (χ3v) is 7.16. The minimum absolute atomic E-state index is 0.155. The molecule has 0 radical (unpaired) electrons. The highest BCUT2D eigenvalue weighted by Crippen LogP contribution is 2.43. The fourth-order valence-electron chi connectivity index (χ4n) is 4.56. The highest BCUT2D eigenvalue weighted by molar-refractivity contribution is 8.00. The van der Waals surface area contributed by atoms with Crippen molar-refractivity contribution in [2.75, 3.05) is 10.7 Å². The Morgan fingerprint density at radius 3 is 2.59 bits per heavy atom. The number of aryl methyl sites for hydroxylation is 1. The van der Waals surface area contributed by atoms with E-state index in [0.29, 0.717) is 18.8 Å². The number of amides is 2. The van der Waals surface area contributed by atoms with Gasteiger partial charge in [-0.2, -0.15) is 0 Å². The third-order valence-electron chi connectivity index (χ3n) is 6.05. The number of para-hydroxylation sites is 1. The van der Waals surface area contributed by atoms with Gasteiger partial charge < -0.3 is 9.88 Å². The standard InChI is InChI=1S/C27H24FN3O2S/c1-2-30-22-14-7-6-13-21(22)24-25(26(33)29-16-18-9-4-3-5-10-18)31(23(32)17-34-27(24)30)20-12-8-11-19(28)15-20/h3-15,25H,2,16-17H2,1H3,(H,29,33). The van der Waals surface area contributed by atoms with E-state index in [0.717, 1.165) is 27.1 Å². The second-order valence-electron chi connectivity index (χ2n) is 8.12. The first kappa shape index (κ1) is 22.2. The van der Waals surface area contributed by atoms with Crippen molar-refractivity contribution in [3.63, 3.8) is 0 Å².